The zero-order valence-electron chi connectivity index (χ0n) is 16.1. The number of para-hydroxylation sites is 1. The van der Waals surface area contributed by atoms with E-state index in [9.17, 15) is 0 Å². The second-order valence-electron chi connectivity index (χ2n) is 6.13. The molecule has 0 unspecified atom stereocenters. The van der Waals surface area contributed by atoms with Gasteiger partial charge in [-0.3, -0.25) is 4.99 Å². The molecule has 0 radical (unpaired) electrons. The second kappa shape index (κ2) is 11.5. The molecule has 1 aliphatic rings. The first kappa shape index (κ1) is 21.9. The first-order valence-electron chi connectivity index (χ1n) is 9.11. The SMILES string of the molecule is C=CCOc1ccccc1CNC(=NC)N1CCN(c2ncccn2)CC1.I. The third-order valence-electron chi connectivity index (χ3n) is 4.39. The highest BCUT2D eigenvalue weighted by Gasteiger charge is 2.21. The number of halogens is 1. The Bertz CT molecular complexity index is 762. The molecule has 3 rings (SSSR count). The van der Waals surface area contributed by atoms with Crippen molar-refractivity contribution in [3.8, 4) is 5.75 Å². The number of nitrogens with zero attached hydrogens (tertiary/aromatic N) is 5. The molecule has 0 spiro atoms. The Morgan fingerprint density at radius 2 is 1.89 bits per heavy atom. The van der Waals surface area contributed by atoms with E-state index in [1.807, 2.05) is 31.3 Å². The van der Waals surface area contributed by atoms with Crippen molar-refractivity contribution >= 4 is 35.9 Å². The van der Waals surface area contributed by atoms with Gasteiger partial charge in [0.1, 0.15) is 12.4 Å². The highest BCUT2D eigenvalue weighted by Crippen LogP contribution is 2.18. The number of hydrogen-bond acceptors (Lipinski definition) is 5. The van der Waals surface area contributed by atoms with E-state index in [2.05, 4.69) is 42.7 Å². The molecule has 1 fully saturated rings. The summed E-state index contributed by atoms with van der Waals surface area (Å²) in [7, 11) is 1.81. The largest absolute Gasteiger partial charge is 0.489 e. The van der Waals surface area contributed by atoms with Gasteiger partial charge in [0.05, 0.1) is 0 Å². The van der Waals surface area contributed by atoms with Crippen LogP contribution in [0.4, 0.5) is 5.95 Å². The van der Waals surface area contributed by atoms with Crippen LogP contribution in [-0.2, 0) is 6.54 Å². The van der Waals surface area contributed by atoms with Gasteiger partial charge >= 0.3 is 0 Å². The fourth-order valence-electron chi connectivity index (χ4n) is 3.02. The summed E-state index contributed by atoms with van der Waals surface area (Å²) in [4.78, 5) is 17.6. The topological polar surface area (TPSA) is 65.9 Å². The molecule has 1 N–H and O–H groups in total. The maximum Gasteiger partial charge on any atom is 0.225 e. The molecule has 2 aromatic rings. The second-order valence-corrected chi connectivity index (χ2v) is 6.13. The van der Waals surface area contributed by atoms with E-state index in [0.29, 0.717) is 13.2 Å². The molecule has 0 aliphatic carbocycles. The summed E-state index contributed by atoms with van der Waals surface area (Å²) in [5.41, 5.74) is 1.09. The van der Waals surface area contributed by atoms with Crippen LogP contribution in [0.25, 0.3) is 0 Å². The number of aliphatic imine (C=N–C) groups is 1. The summed E-state index contributed by atoms with van der Waals surface area (Å²) in [6.45, 7) is 8.32. The number of benzene rings is 1. The minimum absolute atomic E-state index is 0. The summed E-state index contributed by atoms with van der Waals surface area (Å²) >= 11 is 0. The first-order valence-corrected chi connectivity index (χ1v) is 9.11. The monoisotopic (exact) mass is 494 g/mol. The van der Waals surface area contributed by atoms with Gasteiger partial charge < -0.3 is 19.9 Å². The molecule has 0 bridgehead atoms. The van der Waals surface area contributed by atoms with Gasteiger partial charge in [0.15, 0.2) is 5.96 Å². The summed E-state index contributed by atoms with van der Waals surface area (Å²) in [5.74, 6) is 2.54. The zero-order chi connectivity index (χ0) is 18.9. The maximum absolute atomic E-state index is 5.73. The molecular weight excluding hydrogens is 467 g/mol. The number of piperazine rings is 1. The predicted molar refractivity (Wildman–Crippen MR) is 124 cm³/mol. The molecule has 0 atom stereocenters. The predicted octanol–water partition coefficient (Wildman–Crippen LogP) is 2.56. The molecule has 8 heteroatoms. The molecule has 0 saturated carbocycles. The van der Waals surface area contributed by atoms with Crippen LogP contribution in [0.15, 0.2) is 60.4 Å². The van der Waals surface area contributed by atoms with Crippen molar-refractivity contribution in [1.29, 1.82) is 0 Å². The Labute approximate surface area is 183 Å². The summed E-state index contributed by atoms with van der Waals surface area (Å²) in [6, 6.07) is 9.86. The lowest BCUT2D eigenvalue weighted by Crippen LogP contribution is -2.52. The standard InChI is InChI=1S/C20H26N6O.HI/c1-3-15-27-18-8-5-4-7-17(18)16-24-19(21-2)25-11-13-26(14-12-25)20-22-9-6-10-23-20;/h3-10H,1,11-16H2,2H3,(H,21,24);1H. The van der Waals surface area contributed by atoms with Crippen molar-refractivity contribution in [1.82, 2.24) is 20.2 Å². The van der Waals surface area contributed by atoms with Gasteiger partial charge in [-0.1, -0.05) is 30.9 Å². The lowest BCUT2D eigenvalue weighted by molar-refractivity contribution is 0.356. The van der Waals surface area contributed by atoms with Crippen LogP contribution in [-0.4, -0.2) is 60.7 Å². The molecule has 1 aromatic carbocycles. The Kier molecular flexibility index (Phi) is 8.99. The zero-order valence-corrected chi connectivity index (χ0v) is 18.5. The lowest BCUT2D eigenvalue weighted by Gasteiger charge is -2.36. The maximum atomic E-state index is 5.73. The number of rotatable bonds is 6. The van der Waals surface area contributed by atoms with Crippen molar-refractivity contribution in [2.75, 3.05) is 44.7 Å². The number of guanidine groups is 1. The molecule has 0 amide bonds. The van der Waals surface area contributed by atoms with Crippen LogP contribution in [0.2, 0.25) is 0 Å². The quantitative estimate of drug-likeness (QED) is 0.288. The van der Waals surface area contributed by atoms with Crippen LogP contribution < -0.4 is 15.0 Å². The third kappa shape index (κ3) is 5.82. The average Bonchev–Trinajstić information content (AvgIpc) is 2.74. The normalized spacial score (nSPS) is 14.2. The average molecular weight is 494 g/mol. The number of hydrogen-bond donors (Lipinski definition) is 1. The molecule has 1 saturated heterocycles. The van der Waals surface area contributed by atoms with Gasteiger partial charge in [-0.25, -0.2) is 9.97 Å². The number of anilines is 1. The highest BCUT2D eigenvalue weighted by molar-refractivity contribution is 14.0. The molecule has 150 valence electrons. The molecule has 28 heavy (non-hydrogen) atoms. The van der Waals surface area contributed by atoms with Crippen molar-refractivity contribution in [2.45, 2.75) is 6.54 Å². The molecule has 7 nitrogen and oxygen atoms in total. The summed E-state index contributed by atoms with van der Waals surface area (Å²) in [5, 5.41) is 3.45. The van der Waals surface area contributed by atoms with Crippen LogP contribution in [0.1, 0.15) is 5.56 Å². The number of aromatic nitrogens is 2. The van der Waals surface area contributed by atoms with E-state index in [0.717, 1.165) is 49.4 Å². The van der Waals surface area contributed by atoms with Crippen LogP contribution in [0.5, 0.6) is 5.75 Å². The Balaban J connectivity index is 0.00000280. The van der Waals surface area contributed by atoms with Crippen LogP contribution in [0.3, 0.4) is 0 Å². The van der Waals surface area contributed by atoms with Gasteiger partial charge in [-0.05, 0) is 12.1 Å². The van der Waals surface area contributed by atoms with Gasteiger partial charge in [-0.2, -0.15) is 0 Å². The Morgan fingerprint density at radius 1 is 1.18 bits per heavy atom. The smallest absolute Gasteiger partial charge is 0.225 e. The van der Waals surface area contributed by atoms with Crippen LogP contribution in [0, 0.1) is 0 Å². The van der Waals surface area contributed by atoms with Crippen molar-refractivity contribution in [3.05, 3.63) is 60.9 Å². The van der Waals surface area contributed by atoms with E-state index in [4.69, 9.17) is 4.74 Å². The van der Waals surface area contributed by atoms with E-state index in [-0.39, 0.29) is 24.0 Å². The lowest BCUT2D eigenvalue weighted by atomic mass is 10.2. The van der Waals surface area contributed by atoms with E-state index in [1.54, 1.807) is 18.5 Å². The van der Waals surface area contributed by atoms with Gasteiger partial charge in [0, 0.05) is 57.7 Å². The van der Waals surface area contributed by atoms with Crippen molar-refractivity contribution in [3.63, 3.8) is 0 Å². The van der Waals surface area contributed by atoms with E-state index in [1.165, 1.54) is 0 Å². The fraction of sp³-hybridized carbons (Fsp3) is 0.350. The minimum Gasteiger partial charge on any atom is -0.489 e. The number of nitrogens with one attached hydrogen (secondary N) is 1. The minimum atomic E-state index is 0. The molecule has 2 heterocycles. The Morgan fingerprint density at radius 3 is 2.57 bits per heavy atom. The Hall–Kier alpha value is -2.36. The van der Waals surface area contributed by atoms with E-state index < -0.39 is 0 Å². The summed E-state index contributed by atoms with van der Waals surface area (Å²) in [6.07, 6.45) is 5.31. The van der Waals surface area contributed by atoms with Crippen LogP contribution >= 0.6 is 24.0 Å². The van der Waals surface area contributed by atoms with Crippen molar-refractivity contribution < 1.29 is 4.74 Å². The number of ether oxygens (including phenoxy) is 1. The third-order valence-corrected chi connectivity index (χ3v) is 4.39. The molecular formula is C20H27IN6O. The van der Waals surface area contributed by atoms with Gasteiger partial charge in [0.25, 0.3) is 0 Å². The van der Waals surface area contributed by atoms with E-state index >= 15 is 0 Å². The fourth-order valence-corrected chi connectivity index (χ4v) is 3.02. The van der Waals surface area contributed by atoms with Gasteiger partial charge in [-0.15, -0.1) is 24.0 Å². The summed E-state index contributed by atoms with van der Waals surface area (Å²) < 4.78 is 5.73. The highest BCUT2D eigenvalue weighted by atomic mass is 127. The first-order chi connectivity index (χ1) is 13.3. The van der Waals surface area contributed by atoms with Crippen molar-refractivity contribution in [2.24, 2.45) is 4.99 Å². The molecule has 1 aliphatic heterocycles. The van der Waals surface area contributed by atoms with Gasteiger partial charge in [0.2, 0.25) is 5.95 Å². The molecule has 1 aromatic heterocycles.